The molecule has 21 saturated heterocycles. The molecule has 21 unspecified atom stereocenters. The molecule has 0 aromatic rings. The first kappa shape index (κ1) is 73.1. The van der Waals surface area contributed by atoms with Crippen LogP contribution in [-0.2, 0) is 71.2 Å². The first-order valence-electron chi connectivity index (χ1n) is 28.4. The Morgan fingerprint density at radius 1 is 0.326 bits per heavy atom. The summed E-state index contributed by atoms with van der Waals surface area (Å²) < 4.78 is 76.4. The van der Waals surface area contributed by atoms with Crippen LogP contribution >= 0.6 is 23.5 Å². The average Bonchev–Trinajstić information content (AvgIpc) is 0.884. The van der Waals surface area contributed by atoms with Crippen LogP contribution in [0.4, 0.5) is 0 Å². The number of hydrogen-bond donors (Lipinski definition) is 23. The lowest BCUT2D eigenvalue weighted by molar-refractivity contribution is -0.395. The number of nitrogens with two attached hydrogens (primary N) is 2. The maximum atomic E-state index is 11.8. The molecule has 21 aliphatic heterocycles. The van der Waals surface area contributed by atoms with Crippen molar-refractivity contribution in [3.05, 3.63) is 0 Å². The second-order valence-corrected chi connectivity index (χ2v) is 24.9. The van der Waals surface area contributed by atoms with Gasteiger partial charge in [0, 0.05) is 28.9 Å². The van der Waals surface area contributed by atoms with Crippen molar-refractivity contribution < 1.29 is 178 Å². The van der Waals surface area contributed by atoms with Crippen LogP contribution in [0, 0.1) is 5.92 Å². The fourth-order valence-corrected chi connectivity index (χ4v) is 13.8. The summed E-state index contributed by atoms with van der Waals surface area (Å²) >= 11 is 1.66. The van der Waals surface area contributed by atoms with Crippen molar-refractivity contribution in [2.45, 2.75) is 227 Å². The first-order chi connectivity index (χ1) is 42.2. The highest BCUT2D eigenvalue weighted by Gasteiger charge is 2.59. The predicted molar refractivity (Wildman–Crippen MR) is 283 cm³/mol. The van der Waals surface area contributed by atoms with Gasteiger partial charge in [-0.05, 0) is 6.42 Å². The number of carboxylic acids is 2. The van der Waals surface area contributed by atoms with Crippen molar-refractivity contribution >= 4 is 35.5 Å². The van der Waals surface area contributed by atoms with Crippen LogP contribution in [0.15, 0.2) is 0 Å². The van der Waals surface area contributed by atoms with Gasteiger partial charge in [-0.1, -0.05) is 0 Å². The van der Waals surface area contributed by atoms with E-state index in [1.807, 2.05) is 0 Å². The molecule has 89 heavy (non-hydrogen) atoms. The molecule has 0 aliphatic carbocycles. The van der Waals surface area contributed by atoms with E-state index in [0.29, 0.717) is 0 Å². The van der Waals surface area contributed by atoms with E-state index in [1.54, 1.807) is 0 Å². The third-order valence-electron chi connectivity index (χ3n) is 16.8. The summed E-state index contributed by atoms with van der Waals surface area (Å²) in [6, 6.07) is -2.90. The lowest BCUT2D eigenvalue weighted by Crippen LogP contribution is -2.68. The van der Waals surface area contributed by atoms with Crippen molar-refractivity contribution in [3.63, 3.8) is 0 Å². The Hall–Kier alpha value is -1.72. The summed E-state index contributed by atoms with van der Waals surface area (Å²) in [6.45, 7) is -5.25. The predicted octanol–water partition coefficient (Wildman–Crippen LogP) is -14.3. The number of ether oxygens (including phenoxy) is 13. The number of rotatable bonds is 15. The highest BCUT2D eigenvalue weighted by atomic mass is 32.2. The van der Waals surface area contributed by atoms with E-state index in [1.165, 1.54) is 0 Å². The second kappa shape index (κ2) is 31.9. The maximum absolute atomic E-state index is 11.8. The molecule has 25 N–H and O–H groups in total. The van der Waals surface area contributed by atoms with E-state index in [2.05, 4.69) is 0 Å². The van der Waals surface area contributed by atoms with Gasteiger partial charge < -0.3 is 180 Å². The number of hydrogen-bond acceptors (Lipinski definition) is 38. The van der Waals surface area contributed by atoms with Crippen LogP contribution in [0.3, 0.4) is 0 Å². The van der Waals surface area contributed by atoms with Gasteiger partial charge in [0.2, 0.25) is 0 Å². The Balaban J connectivity index is 1.11. The van der Waals surface area contributed by atoms with E-state index >= 15 is 0 Å². The minimum absolute atomic E-state index is 0.278. The summed E-state index contributed by atoms with van der Waals surface area (Å²) in [4.78, 5) is 23.2. The molecule has 21 aliphatic rings. The Bertz CT molecular complexity index is 2200. The Labute approximate surface area is 513 Å². The molecule has 0 spiro atoms. The van der Waals surface area contributed by atoms with Gasteiger partial charge in [-0.2, -0.15) is 23.5 Å². The summed E-state index contributed by atoms with van der Waals surface area (Å²) in [5, 5.41) is 234. The molecular weight excluding hydrogens is 1260 g/mol. The van der Waals surface area contributed by atoms with E-state index in [-0.39, 0.29) is 23.0 Å². The molecule has 21 rings (SSSR count). The van der Waals surface area contributed by atoms with Crippen LogP contribution in [0.2, 0.25) is 0 Å². The number of aliphatic hydroxyl groups excluding tert-OH is 19. The lowest BCUT2D eigenvalue weighted by Gasteiger charge is -2.50. The third kappa shape index (κ3) is 15.9. The van der Waals surface area contributed by atoms with Gasteiger partial charge in [0.1, 0.15) is 152 Å². The third-order valence-corrected chi connectivity index (χ3v) is 19.1. The van der Waals surface area contributed by atoms with Crippen molar-refractivity contribution in [1.82, 2.24) is 0 Å². The molecule has 0 saturated carbocycles. The zero-order valence-corrected chi connectivity index (χ0v) is 48.6. The van der Waals surface area contributed by atoms with Gasteiger partial charge in [0.25, 0.3) is 0 Å². The van der Waals surface area contributed by atoms with Gasteiger partial charge in [-0.3, -0.25) is 9.59 Å². The van der Waals surface area contributed by atoms with Gasteiger partial charge in [0.15, 0.2) is 37.7 Å². The van der Waals surface area contributed by atoms with Crippen molar-refractivity contribution in [2.75, 3.05) is 56.0 Å². The summed E-state index contributed by atoms with van der Waals surface area (Å²) in [7, 11) is 0. The molecule has 40 heteroatoms. The molecule has 21 heterocycles. The first-order valence-corrected chi connectivity index (χ1v) is 30.7. The fourth-order valence-electron chi connectivity index (χ4n) is 11.7. The minimum Gasteiger partial charge on any atom is -0.480 e. The smallest absolute Gasteiger partial charge is 0.321 e. The Morgan fingerprint density at radius 3 is 0.843 bits per heavy atom. The molecule has 516 valence electrons. The van der Waals surface area contributed by atoms with Gasteiger partial charge in [-0.15, -0.1) is 0 Å². The zero-order chi connectivity index (χ0) is 65.2. The number of carbonyl (C=O) groups is 2. The number of aliphatic carboxylic acids is 2. The van der Waals surface area contributed by atoms with Crippen LogP contribution in [0.5, 0.6) is 0 Å². The average molecular weight is 1340 g/mol. The Morgan fingerprint density at radius 2 is 0.562 bits per heavy atom. The lowest BCUT2D eigenvalue weighted by atomic mass is 9.81. The van der Waals surface area contributed by atoms with E-state index in [0.717, 1.165) is 23.5 Å². The molecule has 0 amide bonds. The minimum atomic E-state index is -2.25. The molecular formula is C49H82N2O36S2. The fraction of sp³-hybridized carbons (Fsp3) is 0.959. The van der Waals surface area contributed by atoms with Gasteiger partial charge in [0.05, 0.1) is 63.6 Å². The van der Waals surface area contributed by atoms with Crippen LogP contribution in [0.25, 0.3) is 0 Å². The quantitative estimate of drug-likeness (QED) is 0.0724. The van der Waals surface area contributed by atoms with E-state index in [9.17, 15) is 117 Å². The van der Waals surface area contributed by atoms with Crippen LogP contribution < -0.4 is 11.5 Å². The highest BCUT2D eigenvalue weighted by Crippen LogP contribution is 2.41. The second-order valence-electron chi connectivity index (χ2n) is 22.7. The van der Waals surface area contributed by atoms with Crippen molar-refractivity contribution in [3.8, 4) is 0 Å². The summed E-state index contributed by atoms with van der Waals surface area (Å²) in [6.07, 6.45) is -67.9. The number of carboxylic acid groups (broad SMARTS) is 2. The number of thioether (sulfide) groups is 2. The molecule has 21 fully saturated rings. The molecule has 0 aromatic heterocycles. The molecule has 14 bridgehead atoms. The van der Waals surface area contributed by atoms with Crippen LogP contribution in [-0.4, -0.2) is 396 Å². The van der Waals surface area contributed by atoms with Crippen molar-refractivity contribution in [2.24, 2.45) is 17.4 Å². The Kier molecular flexibility index (Phi) is 26.2. The molecule has 38 nitrogen and oxygen atoms in total. The standard InChI is InChI=1S/C49H82N2O36S2/c50-12(42(71)72)7-88-9-20-40-24(59)23(58)14(75-20)1-11-15(2-52)76-44(30(65)22(11)57)82-36-16(3-53)80-48(34(69)27(36)62)87-41-21(10-89-8-13(51)43(73)74)81-49(35(70)29(41)64)85-39-19(6-56)78-46(32(67)26(39)61)83-37-17(4-54)77-45(31(66)25(37)60)84-38-18(5-55)79-47(86-40)33(68)28(38)63/h11-41,44-49,52-70H,1-10,50-51H2,(H,71,72)(H,73,74)/t11-,12-,13-,14-,15?,16?,17?,18?,19?,20?,21?,22?,23?,24?,25?,26?,27?,28?,29?,30?,31?,32?,33?,34?,35?,36-,37-,38-,39-,40-,41-,44-,45+,46-,47-,48-,49-/m1/s1. The van der Waals surface area contributed by atoms with E-state index in [4.69, 9.17) is 73.0 Å². The maximum Gasteiger partial charge on any atom is 0.321 e. The van der Waals surface area contributed by atoms with E-state index < -0.39 is 278 Å². The normalized spacial score (nSPS) is 50.1. The number of aliphatic hydroxyl groups is 19. The molecule has 37 atom stereocenters. The summed E-state index contributed by atoms with van der Waals surface area (Å²) in [5.74, 6) is -5.53. The molecule has 0 radical (unpaired) electrons. The van der Waals surface area contributed by atoms with Gasteiger partial charge >= 0.3 is 11.9 Å². The van der Waals surface area contributed by atoms with Crippen LogP contribution in [0.1, 0.15) is 6.42 Å². The van der Waals surface area contributed by atoms with Gasteiger partial charge in [-0.25, -0.2) is 0 Å². The SMILES string of the molecule is N[C@H](CSCC1O[C@@H]2O[C@@H]3C(CO)O[C@H](O[C@@H]4C(CO)O[C@@H](O[C@@H]5C(CO)O[C@H](O[C@@H]6C(CSC[C@@H](N)C(=O)O)O[C@H](C[C@@H]7C(CO)O[C@H](O[C@@H]8C(CO)O[C@H](O[C@H]1C(O)C2O)C(O)C8O)C(O)C7O)C(O)C6O)C(O)C5O)C(O)C4O)C(O)C3O)C(=O)O. The summed E-state index contributed by atoms with van der Waals surface area (Å²) in [5.41, 5.74) is 11.4. The monoisotopic (exact) mass is 1340 g/mol. The highest BCUT2D eigenvalue weighted by molar-refractivity contribution is 7.99. The largest absolute Gasteiger partial charge is 0.480 e. The zero-order valence-electron chi connectivity index (χ0n) is 46.9. The molecule has 0 aromatic carbocycles. The topological polar surface area (TPSA) is 631 Å². The van der Waals surface area contributed by atoms with Crippen molar-refractivity contribution in [1.29, 1.82) is 0 Å².